The van der Waals surface area contributed by atoms with Gasteiger partial charge in [-0.2, -0.15) is 13.2 Å². The van der Waals surface area contributed by atoms with Gasteiger partial charge in [0.05, 0.1) is 22.9 Å². The van der Waals surface area contributed by atoms with Crippen LogP contribution in [0.3, 0.4) is 0 Å². The minimum atomic E-state index is -4.44. The van der Waals surface area contributed by atoms with Gasteiger partial charge in [-0.25, -0.2) is 4.79 Å². The first-order valence-corrected chi connectivity index (χ1v) is 8.15. The standard InChI is InChI=1S/C19H18F3NO3/c1-11(2)16-10-26-17-8-12(18(24)25)6-7-15(17)23(16)14-5-3-4-13(9-14)19(20,21)22/h3-9,11,16H,10H2,1-2H3,(H,24,25). The van der Waals surface area contributed by atoms with Crippen molar-refractivity contribution < 1.29 is 27.8 Å². The average Bonchev–Trinajstić information content (AvgIpc) is 2.59. The van der Waals surface area contributed by atoms with Crippen LogP contribution >= 0.6 is 0 Å². The Hall–Kier alpha value is -2.70. The van der Waals surface area contributed by atoms with Crippen LogP contribution in [0.15, 0.2) is 42.5 Å². The number of ether oxygens (including phenoxy) is 1. The van der Waals surface area contributed by atoms with Crippen LogP contribution in [-0.4, -0.2) is 23.7 Å². The highest BCUT2D eigenvalue weighted by molar-refractivity contribution is 5.89. The summed E-state index contributed by atoms with van der Waals surface area (Å²) in [5, 5.41) is 9.14. The molecule has 0 radical (unpaired) electrons. The summed E-state index contributed by atoms with van der Waals surface area (Å²) in [5.41, 5.74) is 0.286. The Morgan fingerprint density at radius 1 is 1.23 bits per heavy atom. The largest absolute Gasteiger partial charge is 0.489 e. The molecular formula is C19H18F3NO3. The van der Waals surface area contributed by atoms with Gasteiger partial charge in [0, 0.05) is 5.69 Å². The third kappa shape index (κ3) is 3.34. The summed E-state index contributed by atoms with van der Waals surface area (Å²) < 4.78 is 45.1. The molecule has 1 heterocycles. The van der Waals surface area contributed by atoms with Crippen LogP contribution in [0.1, 0.15) is 29.8 Å². The summed E-state index contributed by atoms with van der Waals surface area (Å²) in [6.45, 7) is 4.18. The van der Waals surface area contributed by atoms with Crippen LogP contribution in [-0.2, 0) is 6.18 Å². The molecule has 0 aromatic heterocycles. The van der Waals surface area contributed by atoms with E-state index in [1.165, 1.54) is 18.2 Å². The number of rotatable bonds is 3. The maximum absolute atomic E-state index is 13.1. The molecule has 0 fully saturated rings. The molecule has 0 saturated heterocycles. The van der Waals surface area contributed by atoms with Gasteiger partial charge >= 0.3 is 12.1 Å². The summed E-state index contributed by atoms with van der Waals surface area (Å²) in [5.74, 6) is -0.635. The predicted octanol–water partition coefficient (Wildman–Crippen LogP) is 4.96. The smallest absolute Gasteiger partial charge is 0.416 e. The average molecular weight is 365 g/mol. The molecule has 1 aliphatic heterocycles. The van der Waals surface area contributed by atoms with Crippen LogP contribution in [0.4, 0.5) is 24.5 Å². The second-order valence-corrected chi connectivity index (χ2v) is 6.53. The van der Waals surface area contributed by atoms with Crippen LogP contribution in [0.25, 0.3) is 0 Å². The lowest BCUT2D eigenvalue weighted by Crippen LogP contribution is -2.43. The van der Waals surface area contributed by atoms with Crippen molar-refractivity contribution in [1.82, 2.24) is 0 Å². The molecule has 4 nitrogen and oxygen atoms in total. The van der Waals surface area contributed by atoms with Crippen LogP contribution in [0.5, 0.6) is 5.75 Å². The molecule has 2 aromatic rings. The van der Waals surface area contributed by atoms with E-state index in [2.05, 4.69) is 0 Å². The number of fused-ring (bicyclic) bond motifs is 1. The molecule has 138 valence electrons. The Morgan fingerprint density at radius 2 is 1.96 bits per heavy atom. The first kappa shape index (κ1) is 18.1. The number of carboxylic acids is 1. The van der Waals surface area contributed by atoms with E-state index < -0.39 is 17.7 Å². The normalized spacial score (nSPS) is 17.0. The topological polar surface area (TPSA) is 49.8 Å². The molecule has 0 aliphatic carbocycles. The van der Waals surface area contributed by atoms with E-state index in [9.17, 15) is 18.0 Å². The van der Waals surface area contributed by atoms with Gasteiger partial charge < -0.3 is 14.7 Å². The Bertz CT molecular complexity index is 833. The minimum absolute atomic E-state index is 0.0655. The second kappa shape index (κ2) is 6.55. The van der Waals surface area contributed by atoms with Crippen molar-refractivity contribution in [2.45, 2.75) is 26.1 Å². The quantitative estimate of drug-likeness (QED) is 0.835. The zero-order valence-corrected chi connectivity index (χ0v) is 14.2. The Balaban J connectivity index is 2.13. The molecule has 0 bridgehead atoms. The van der Waals surface area contributed by atoms with Crippen molar-refractivity contribution in [3.63, 3.8) is 0 Å². The van der Waals surface area contributed by atoms with Gasteiger partial charge in [-0.15, -0.1) is 0 Å². The van der Waals surface area contributed by atoms with E-state index in [4.69, 9.17) is 9.84 Å². The van der Waals surface area contributed by atoms with Crippen molar-refractivity contribution in [2.24, 2.45) is 5.92 Å². The number of hydrogen-bond acceptors (Lipinski definition) is 3. The van der Waals surface area contributed by atoms with Gasteiger partial charge in [-0.05, 0) is 42.3 Å². The molecule has 7 heteroatoms. The van der Waals surface area contributed by atoms with Crippen LogP contribution in [0, 0.1) is 5.92 Å². The molecule has 1 aliphatic rings. The molecule has 2 aromatic carbocycles. The molecule has 26 heavy (non-hydrogen) atoms. The summed E-state index contributed by atoms with van der Waals surface area (Å²) >= 11 is 0. The zero-order chi connectivity index (χ0) is 19.1. The fraction of sp³-hybridized carbons (Fsp3) is 0.316. The number of aromatic carboxylic acids is 1. The number of benzene rings is 2. The molecule has 3 rings (SSSR count). The maximum atomic E-state index is 13.1. The predicted molar refractivity (Wildman–Crippen MR) is 91.1 cm³/mol. The molecule has 1 unspecified atom stereocenters. The lowest BCUT2D eigenvalue weighted by Gasteiger charge is -2.41. The third-order valence-corrected chi connectivity index (χ3v) is 4.43. The Morgan fingerprint density at radius 3 is 2.58 bits per heavy atom. The van der Waals surface area contributed by atoms with E-state index in [-0.39, 0.29) is 24.1 Å². The fourth-order valence-electron chi connectivity index (χ4n) is 3.04. The fourth-order valence-corrected chi connectivity index (χ4v) is 3.04. The van der Waals surface area contributed by atoms with Gasteiger partial charge in [-0.1, -0.05) is 19.9 Å². The van der Waals surface area contributed by atoms with Crippen LogP contribution < -0.4 is 9.64 Å². The number of halogens is 3. The third-order valence-electron chi connectivity index (χ3n) is 4.43. The number of carboxylic acid groups (broad SMARTS) is 1. The van der Waals surface area contributed by atoms with Gasteiger partial charge in [0.15, 0.2) is 0 Å². The summed E-state index contributed by atoms with van der Waals surface area (Å²) in [6, 6.07) is 9.34. The number of anilines is 2. The minimum Gasteiger partial charge on any atom is -0.489 e. The van der Waals surface area contributed by atoms with E-state index in [1.54, 1.807) is 17.0 Å². The Kier molecular flexibility index (Phi) is 4.56. The lowest BCUT2D eigenvalue weighted by molar-refractivity contribution is -0.137. The van der Waals surface area contributed by atoms with E-state index >= 15 is 0 Å². The number of carbonyl (C=O) groups is 1. The van der Waals surface area contributed by atoms with Crippen LogP contribution in [0.2, 0.25) is 0 Å². The van der Waals surface area contributed by atoms with Gasteiger partial charge in [0.2, 0.25) is 0 Å². The van der Waals surface area contributed by atoms with Crippen molar-refractivity contribution in [1.29, 1.82) is 0 Å². The number of hydrogen-bond donors (Lipinski definition) is 1. The lowest BCUT2D eigenvalue weighted by atomic mass is 9.98. The second-order valence-electron chi connectivity index (χ2n) is 6.53. The SMILES string of the molecule is CC(C)C1COc2cc(C(=O)O)ccc2N1c1cccc(C(F)(F)F)c1. The molecule has 0 saturated carbocycles. The molecule has 0 amide bonds. The highest BCUT2D eigenvalue weighted by atomic mass is 19.4. The maximum Gasteiger partial charge on any atom is 0.416 e. The summed E-state index contributed by atoms with van der Waals surface area (Å²) in [7, 11) is 0. The highest BCUT2D eigenvalue weighted by Crippen LogP contribution is 2.42. The number of alkyl halides is 3. The van der Waals surface area contributed by atoms with Gasteiger partial charge in [-0.3, -0.25) is 0 Å². The van der Waals surface area contributed by atoms with E-state index in [0.717, 1.165) is 12.1 Å². The van der Waals surface area contributed by atoms with Crippen molar-refractivity contribution in [3.8, 4) is 5.75 Å². The first-order valence-electron chi connectivity index (χ1n) is 8.15. The summed E-state index contributed by atoms with van der Waals surface area (Å²) in [4.78, 5) is 13.0. The van der Waals surface area contributed by atoms with Gasteiger partial charge in [0.25, 0.3) is 0 Å². The monoisotopic (exact) mass is 365 g/mol. The molecule has 1 atom stereocenters. The molecular weight excluding hydrogens is 347 g/mol. The number of nitrogens with zero attached hydrogens (tertiary/aromatic N) is 1. The highest BCUT2D eigenvalue weighted by Gasteiger charge is 2.34. The van der Waals surface area contributed by atoms with Crippen molar-refractivity contribution >= 4 is 17.3 Å². The molecule has 1 N–H and O–H groups in total. The molecule has 0 spiro atoms. The summed E-state index contributed by atoms with van der Waals surface area (Å²) in [6.07, 6.45) is -4.44. The van der Waals surface area contributed by atoms with Crippen molar-refractivity contribution in [2.75, 3.05) is 11.5 Å². The Labute approximate surface area is 148 Å². The van der Waals surface area contributed by atoms with E-state index in [1.807, 2.05) is 13.8 Å². The van der Waals surface area contributed by atoms with E-state index in [0.29, 0.717) is 17.1 Å². The van der Waals surface area contributed by atoms with Crippen molar-refractivity contribution in [3.05, 3.63) is 53.6 Å². The zero-order valence-electron chi connectivity index (χ0n) is 14.2. The first-order chi connectivity index (χ1) is 12.2. The van der Waals surface area contributed by atoms with Gasteiger partial charge in [0.1, 0.15) is 12.4 Å².